The van der Waals surface area contributed by atoms with E-state index in [1.165, 1.54) is 0 Å². The first-order valence-corrected chi connectivity index (χ1v) is 5.98. The van der Waals surface area contributed by atoms with Crippen LogP contribution in [-0.4, -0.2) is 23.9 Å². The van der Waals surface area contributed by atoms with E-state index in [1.807, 2.05) is 6.92 Å². The van der Waals surface area contributed by atoms with E-state index in [1.54, 1.807) is 0 Å². The van der Waals surface area contributed by atoms with E-state index in [4.69, 9.17) is 15.6 Å². The summed E-state index contributed by atoms with van der Waals surface area (Å²) in [4.78, 5) is 0. The lowest BCUT2D eigenvalue weighted by atomic mass is 9.93. The molecule has 18 heavy (non-hydrogen) atoms. The first-order valence-electron chi connectivity index (χ1n) is 5.98. The molecule has 0 saturated heterocycles. The predicted octanol–water partition coefficient (Wildman–Crippen LogP) is 2.22. The van der Waals surface area contributed by atoms with Gasteiger partial charge in [0.05, 0.1) is 13.2 Å². The van der Waals surface area contributed by atoms with Gasteiger partial charge in [-0.05, 0) is 19.3 Å². The quantitative estimate of drug-likeness (QED) is 0.738. The molecule has 102 valence electrons. The predicted molar refractivity (Wildman–Crippen MR) is 65.4 cm³/mol. The van der Waals surface area contributed by atoms with Crippen LogP contribution in [0.1, 0.15) is 26.2 Å². The highest BCUT2D eigenvalue weighted by Gasteiger charge is 2.20. The van der Waals surface area contributed by atoms with E-state index < -0.39 is 17.2 Å². The minimum absolute atomic E-state index is 0.0852. The Hall–Kier alpha value is -1.20. The Labute approximate surface area is 106 Å². The number of benzene rings is 1. The Morgan fingerprint density at radius 1 is 1.28 bits per heavy atom. The fourth-order valence-electron chi connectivity index (χ4n) is 1.59. The van der Waals surface area contributed by atoms with Gasteiger partial charge in [-0.1, -0.05) is 6.92 Å². The molecule has 1 unspecified atom stereocenters. The van der Waals surface area contributed by atoms with Crippen LogP contribution in [0, 0.1) is 11.6 Å². The molecule has 3 N–H and O–H groups in total. The Morgan fingerprint density at radius 2 is 1.89 bits per heavy atom. The van der Waals surface area contributed by atoms with E-state index in [9.17, 15) is 8.78 Å². The van der Waals surface area contributed by atoms with E-state index in [2.05, 4.69) is 0 Å². The molecule has 0 bridgehead atoms. The molecule has 0 fully saturated rings. The number of ether oxygens (including phenoxy) is 1. The van der Waals surface area contributed by atoms with Gasteiger partial charge >= 0.3 is 0 Å². The molecular weight excluding hydrogens is 240 g/mol. The molecule has 1 aromatic carbocycles. The van der Waals surface area contributed by atoms with Gasteiger partial charge in [0.1, 0.15) is 17.4 Å². The van der Waals surface area contributed by atoms with Gasteiger partial charge in [0.15, 0.2) is 0 Å². The molecule has 1 rings (SSSR count). The number of hydrogen-bond donors (Lipinski definition) is 2. The molecule has 0 amide bonds. The monoisotopic (exact) mass is 259 g/mol. The van der Waals surface area contributed by atoms with Crippen LogP contribution in [0.5, 0.6) is 5.75 Å². The summed E-state index contributed by atoms with van der Waals surface area (Å²) in [6.45, 7) is 2.12. The fraction of sp³-hybridized carbons (Fsp3) is 0.538. The molecule has 3 nitrogen and oxygen atoms in total. The van der Waals surface area contributed by atoms with Crippen LogP contribution in [0.4, 0.5) is 8.78 Å². The third-order valence-electron chi connectivity index (χ3n) is 2.94. The van der Waals surface area contributed by atoms with Gasteiger partial charge in [0.25, 0.3) is 0 Å². The second kappa shape index (κ2) is 6.66. The van der Waals surface area contributed by atoms with E-state index in [-0.39, 0.29) is 12.4 Å². The van der Waals surface area contributed by atoms with Crippen molar-refractivity contribution >= 4 is 0 Å². The Bertz CT molecular complexity index is 361. The summed E-state index contributed by atoms with van der Waals surface area (Å²) < 4.78 is 31.0. The lowest BCUT2D eigenvalue weighted by Gasteiger charge is -2.25. The van der Waals surface area contributed by atoms with Crippen molar-refractivity contribution in [2.45, 2.75) is 31.7 Å². The minimum atomic E-state index is -0.665. The van der Waals surface area contributed by atoms with Gasteiger partial charge in [-0.25, -0.2) is 8.78 Å². The Balaban J connectivity index is 2.38. The number of rotatable bonds is 7. The zero-order valence-electron chi connectivity index (χ0n) is 10.5. The van der Waals surface area contributed by atoms with Gasteiger partial charge in [-0.3, -0.25) is 0 Å². The van der Waals surface area contributed by atoms with Crippen LogP contribution >= 0.6 is 0 Å². The molecule has 1 atom stereocenters. The van der Waals surface area contributed by atoms with Crippen molar-refractivity contribution in [3.8, 4) is 5.75 Å². The maximum absolute atomic E-state index is 12.9. The Kier molecular flexibility index (Phi) is 5.50. The Morgan fingerprint density at radius 3 is 2.39 bits per heavy atom. The van der Waals surface area contributed by atoms with Crippen molar-refractivity contribution in [3.05, 3.63) is 29.8 Å². The topological polar surface area (TPSA) is 55.5 Å². The number of aliphatic hydroxyl groups is 1. The number of aliphatic hydroxyl groups excluding tert-OH is 1. The third kappa shape index (κ3) is 4.58. The summed E-state index contributed by atoms with van der Waals surface area (Å²) in [7, 11) is 0. The normalized spacial score (nSPS) is 14.3. The summed E-state index contributed by atoms with van der Waals surface area (Å²) in [5.41, 5.74) is 5.30. The lowest BCUT2D eigenvalue weighted by Crippen LogP contribution is -2.43. The summed E-state index contributed by atoms with van der Waals surface area (Å²) in [6, 6.07) is 3.05. The van der Waals surface area contributed by atoms with Gasteiger partial charge in [0, 0.05) is 23.7 Å². The number of nitrogens with two attached hydrogens (primary N) is 1. The van der Waals surface area contributed by atoms with Crippen LogP contribution in [-0.2, 0) is 0 Å². The van der Waals surface area contributed by atoms with Crippen molar-refractivity contribution < 1.29 is 18.6 Å². The molecule has 0 aliphatic carbocycles. The molecule has 0 aliphatic heterocycles. The second-order valence-corrected chi connectivity index (χ2v) is 4.43. The first kappa shape index (κ1) is 14.9. The van der Waals surface area contributed by atoms with Gasteiger partial charge in [0.2, 0.25) is 0 Å². The van der Waals surface area contributed by atoms with Gasteiger partial charge in [-0.15, -0.1) is 0 Å². The fourth-order valence-corrected chi connectivity index (χ4v) is 1.59. The highest BCUT2D eigenvalue weighted by molar-refractivity contribution is 5.23. The summed E-state index contributed by atoms with van der Waals surface area (Å²) >= 11 is 0. The van der Waals surface area contributed by atoms with Crippen LogP contribution < -0.4 is 10.5 Å². The SMILES string of the molecule is CCC(N)(CO)CCCOc1cc(F)cc(F)c1. The van der Waals surface area contributed by atoms with Gasteiger partial charge < -0.3 is 15.6 Å². The van der Waals surface area contributed by atoms with Crippen LogP contribution in [0.25, 0.3) is 0 Å². The van der Waals surface area contributed by atoms with Gasteiger partial charge in [-0.2, -0.15) is 0 Å². The van der Waals surface area contributed by atoms with E-state index in [0.29, 0.717) is 25.9 Å². The molecular formula is C13H19F2NO2. The van der Waals surface area contributed by atoms with Crippen molar-refractivity contribution in [1.82, 2.24) is 0 Å². The molecule has 1 aromatic rings. The minimum Gasteiger partial charge on any atom is -0.493 e. The van der Waals surface area contributed by atoms with E-state index >= 15 is 0 Å². The molecule has 0 aliphatic rings. The summed E-state index contributed by atoms with van der Waals surface area (Å²) in [5, 5.41) is 9.11. The van der Waals surface area contributed by atoms with Crippen molar-refractivity contribution in [2.24, 2.45) is 5.73 Å². The standard InChI is InChI=1S/C13H19F2NO2/c1-2-13(16,9-17)4-3-5-18-12-7-10(14)6-11(15)8-12/h6-8,17H,2-5,9,16H2,1H3. The molecule has 5 heteroatoms. The highest BCUT2D eigenvalue weighted by atomic mass is 19.1. The van der Waals surface area contributed by atoms with Crippen molar-refractivity contribution in [3.63, 3.8) is 0 Å². The molecule has 0 radical (unpaired) electrons. The van der Waals surface area contributed by atoms with Crippen molar-refractivity contribution in [2.75, 3.05) is 13.2 Å². The van der Waals surface area contributed by atoms with Crippen LogP contribution in [0.2, 0.25) is 0 Å². The summed E-state index contributed by atoms with van der Waals surface area (Å²) in [5.74, 6) is -1.17. The van der Waals surface area contributed by atoms with E-state index in [0.717, 1.165) is 18.2 Å². The molecule has 0 heterocycles. The number of halogens is 2. The van der Waals surface area contributed by atoms with Crippen molar-refractivity contribution in [1.29, 1.82) is 0 Å². The first-order chi connectivity index (χ1) is 8.49. The summed E-state index contributed by atoms with van der Waals surface area (Å²) in [6.07, 6.45) is 1.87. The highest BCUT2D eigenvalue weighted by Crippen LogP contribution is 2.17. The second-order valence-electron chi connectivity index (χ2n) is 4.43. The van der Waals surface area contributed by atoms with Crippen LogP contribution in [0.3, 0.4) is 0 Å². The molecule has 0 spiro atoms. The maximum Gasteiger partial charge on any atom is 0.129 e. The maximum atomic E-state index is 12.9. The lowest BCUT2D eigenvalue weighted by molar-refractivity contribution is 0.171. The average Bonchev–Trinajstić information content (AvgIpc) is 2.33. The number of hydrogen-bond acceptors (Lipinski definition) is 3. The molecule has 0 aromatic heterocycles. The average molecular weight is 259 g/mol. The third-order valence-corrected chi connectivity index (χ3v) is 2.94. The molecule has 0 saturated carbocycles. The zero-order valence-corrected chi connectivity index (χ0v) is 10.5. The zero-order chi connectivity index (χ0) is 13.6. The smallest absolute Gasteiger partial charge is 0.129 e. The van der Waals surface area contributed by atoms with Crippen LogP contribution in [0.15, 0.2) is 18.2 Å². The largest absolute Gasteiger partial charge is 0.493 e.